The fraction of sp³-hybridized carbons (Fsp3) is 0.375. The van der Waals surface area contributed by atoms with E-state index < -0.39 is 34.8 Å². The van der Waals surface area contributed by atoms with Gasteiger partial charge >= 0.3 is 5.97 Å². The first-order valence-electron chi connectivity index (χ1n) is 7.52. The van der Waals surface area contributed by atoms with Crippen LogP contribution in [0.4, 0.5) is 0 Å². The highest BCUT2D eigenvalue weighted by Crippen LogP contribution is 2.18. The smallest absolute Gasteiger partial charge is 0.326 e. The lowest BCUT2D eigenvalue weighted by Gasteiger charge is -2.17. The number of rotatable bonds is 8. The summed E-state index contributed by atoms with van der Waals surface area (Å²) in [5.74, 6) is -1.49. The molecule has 7 nitrogen and oxygen atoms in total. The van der Waals surface area contributed by atoms with E-state index in [0.29, 0.717) is 6.42 Å². The lowest BCUT2D eigenvalue weighted by molar-refractivity contribution is -0.142. The molecule has 1 heterocycles. The van der Waals surface area contributed by atoms with Crippen LogP contribution < -0.4 is 11.1 Å². The van der Waals surface area contributed by atoms with E-state index in [9.17, 15) is 13.8 Å². The second-order valence-electron chi connectivity index (χ2n) is 5.64. The van der Waals surface area contributed by atoms with E-state index in [1.54, 1.807) is 6.20 Å². The summed E-state index contributed by atoms with van der Waals surface area (Å²) in [6.07, 6.45) is 3.68. The van der Waals surface area contributed by atoms with Crippen molar-refractivity contribution in [3.8, 4) is 0 Å². The van der Waals surface area contributed by atoms with E-state index in [1.165, 1.54) is 6.26 Å². The van der Waals surface area contributed by atoms with Crippen molar-refractivity contribution in [2.45, 2.75) is 24.9 Å². The Labute approximate surface area is 142 Å². The van der Waals surface area contributed by atoms with E-state index in [4.69, 9.17) is 10.8 Å². The number of carboxylic acid groups (broad SMARTS) is 1. The Morgan fingerprint density at radius 1 is 1.38 bits per heavy atom. The molecule has 0 saturated heterocycles. The van der Waals surface area contributed by atoms with E-state index >= 15 is 0 Å². The Morgan fingerprint density at radius 2 is 2.08 bits per heavy atom. The van der Waals surface area contributed by atoms with Crippen molar-refractivity contribution in [3.63, 3.8) is 0 Å². The maximum atomic E-state index is 12.2. The summed E-state index contributed by atoms with van der Waals surface area (Å²) in [6.45, 7) is 0. The van der Waals surface area contributed by atoms with Crippen LogP contribution in [-0.2, 0) is 26.8 Å². The second kappa shape index (κ2) is 8.07. The van der Waals surface area contributed by atoms with Crippen LogP contribution >= 0.6 is 0 Å². The highest BCUT2D eigenvalue weighted by Gasteiger charge is 2.24. The minimum Gasteiger partial charge on any atom is -0.480 e. The average Bonchev–Trinajstić information content (AvgIpc) is 2.94. The van der Waals surface area contributed by atoms with Gasteiger partial charge in [0.25, 0.3) is 0 Å². The van der Waals surface area contributed by atoms with Gasteiger partial charge in [-0.15, -0.1) is 0 Å². The quantitative estimate of drug-likeness (QED) is 0.547. The zero-order chi connectivity index (χ0) is 17.7. The Kier molecular flexibility index (Phi) is 6.10. The minimum atomic E-state index is -1.16. The Hall–Kier alpha value is -2.19. The van der Waals surface area contributed by atoms with Gasteiger partial charge in [-0.3, -0.25) is 9.00 Å². The number of carbonyl (C=O) groups excluding carboxylic acids is 1. The molecule has 0 aliphatic rings. The van der Waals surface area contributed by atoms with Gasteiger partial charge in [-0.25, -0.2) is 4.79 Å². The third-order valence-corrected chi connectivity index (χ3v) is 4.57. The predicted molar refractivity (Wildman–Crippen MR) is 93.1 cm³/mol. The molecule has 130 valence electrons. The summed E-state index contributed by atoms with van der Waals surface area (Å²) in [5, 5.41) is 12.6. The van der Waals surface area contributed by atoms with Crippen molar-refractivity contribution in [3.05, 3.63) is 36.0 Å². The van der Waals surface area contributed by atoms with Crippen LogP contribution in [0, 0.1) is 0 Å². The van der Waals surface area contributed by atoms with Gasteiger partial charge < -0.3 is 21.1 Å². The van der Waals surface area contributed by atoms with Crippen LogP contribution in [0.15, 0.2) is 30.5 Å². The maximum absolute atomic E-state index is 12.2. The number of amides is 1. The summed E-state index contributed by atoms with van der Waals surface area (Å²) >= 11 is 0. The molecule has 5 N–H and O–H groups in total. The number of carboxylic acids is 1. The molecule has 24 heavy (non-hydrogen) atoms. The zero-order valence-electron chi connectivity index (χ0n) is 13.3. The van der Waals surface area contributed by atoms with Gasteiger partial charge in [0.1, 0.15) is 6.04 Å². The molecule has 0 aliphatic heterocycles. The largest absolute Gasteiger partial charge is 0.480 e. The fourth-order valence-corrected chi connectivity index (χ4v) is 3.02. The number of aliphatic carboxylic acids is 1. The van der Waals surface area contributed by atoms with Gasteiger partial charge in [0.15, 0.2) is 0 Å². The van der Waals surface area contributed by atoms with Crippen LogP contribution in [0.2, 0.25) is 0 Å². The number of carbonyl (C=O) groups is 2. The van der Waals surface area contributed by atoms with Crippen molar-refractivity contribution in [1.82, 2.24) is 10.3 Å². The van der Waals surface area contributed by atoms with Crippen LogP contribution in [0.3, 0.4) is 0 Å². The van der Waals surface area contributed by atoms with E-state index in [2.05, 4.69) is 10.3 Å². The minimum absolute atomic E-state index is 0.101. The molecule has 1 aromatic heterocycles. The molecule has 1 unspecified atom stereocenters. The van der Waals surface area contributed by atoms with Crippen LogP contribution in [0.1, 0.15) is 12.0 Å². The molecule has 0 aliphatic carbocycles. The first-order chi connectivity index (χ1) is 11.4. The summed E-state index contributed by atoms with van der Waals surface area (Å²) in [5.41, 5.74) is 7.78. The molecular weight excluding hydrogens is 330 g/mol. The van der Waals surface area contributed by atoms with Crippen LogP contribution in [0.25, 0.3) is 10.9 Å². The number of fused-ring (bicyclic) bond motifs is 1. The van der Waals surface area contributed by atoms with Gasteiger partial charge in [0.05, 0.1) is 6.04 Å². The monoisotopic (exact) mass is 351 g/mol. The van der Waals surface area contributed by atoms with E-state index in [1.807, 2.05) is 24.3 Å². The number of nitrogens with one attached hydrogen (secondary N) is 2. The van der Waals surface area contributed by atoms with Gasteiger partial charge in [0.2, 0.25) is 5.91 Å². The summed E-state index contributed by atoms with van der Waals surface area (Å²) < 4.78 is 11.1. The zero-order valence-corrected chi connectivity index (χ0v) is 14.1. The topological polar surface area (TPSA) is 125 Å². The first-order valence-corrected chi connectivity index (χ1v) is 9.25. The van der Waals surface area contributed by atoms with Gasteiger partial charge in [-0.1, -0.05) is 18.2 Å². The lowest BCUT2D eigenvalue weighted by atomic mass is 10.0. The number of aromatic amines is 1. The number of nitrogens with two attached hydrogens (primary N) is 1. The average molecular weight is 351 g/mol. The third-order valence-electron chi connectivity index (χ3n) is 3.76. The van der Waals surface area contributed by atoms with E-state index in [0.717, 1.165) is 16.5 Å². The third kappa shape index (κ3) is 4.65. The number of benzene rings is 1. The molecule has 1 aromatic carbocycles. The highest BCUT2D eigenvalue weighted by molar-refractivity contribution is 7.84. The molecular formula is C16H21N3O4S. The van der Waals surface area contributed by atoms with Gasteiger partial charge in [-0.05, 0) is 24.5 Å². The molecule has 0 bridgehead atoms. The maximum Gasteiger partial charge on any atom is 0.326 e. The molecule has 0 saturated carbocycles. The molecule has 8 heteroatoms. The molecule has 2 rings (SSSR count). The van der Waals surface area contributed by atoms with Crippen molar-refractivity contribution < 1.29 is 18.9 Å². The molecule has 0 spiro atoms. The fourth-order valence-electron chi connectivity index (χ4n) is 2.45. The van der Waals surface area contributed by atoms with Crippen molar-refractivity contribution in [2.75, 3.05) is 12.0 Å². The SMILES string of the molecule is CS(=O)CC[C@H](NC(=O)[C@@H](N)Cc1c[nH]c2ccccc12)C(=O)O. The molecule has 3 atom stereocenters. The molecule has 1 amide bonds. The molecule has 0 radical (unpaired) electrons. The Bertz CT molecular complexity index is 759. The highest BCUT2D eigenvalue weighted by atomic mass is 32.2. The molecule has 0 fully saturated rings. The Balaban J connectivity index is 2.00. The van der Waals surface area contributed by atoms with Gasteiger partial charge in [-0.2, -0.15) is 0 Å². The van der Waals surface area contributed by atoms with Crippen molar-refractivity contribution in [2.24, 2.45) is 5.73 Å². The molecule has 2 aromatic rings. The number of para-hydroxylation sites is 1. The normalized spacial score (nSPS) is 14.9. The van der Waals surface area contributed by atoms with Crippen molar-refractivity contribution in [1.29, 1.82) is 0 Å². The Morgan fingerprint density at radius 3 is 2.75 bits per heavy atom. The lowest BCUT2D eigenvalue weighted by Crippen LogP contribution is -2.49. The first kappa shape index (κ1) is 18.2. The predicted octanol–water partition coefficient (Wildman–Crippen LogP) is 0.376. The van der Waals surface area contributed by atoms with Gasteiger partial charge in [0, 0.05) is 39.9 Å². The van der Waals surface area contributed by atoms with E-state index in [-0.39, 0.29) is 12.2 Å². The summed E-state index contributed by atoms with van der Waals surface area (Å²) in [6, 6.07) is 5.72. The summed E-state index contributed by atoms with van der Waals surface area (Å²) in [4.78, 5) is 26.5. The summed E-state index contributed by atoms with van der Waals surface area (Å²) in [7, 11) is -1.12. The number of aromatic nitrogens is 1. The number of hydrogen-bond acceptors (Lipinski definition) is 4. The standard InChI is InChI=1S/C16H21N3O4S/c1-24(23)7-6-14(16(21)22)19-15(20)12(17)8-10-9-18-13-5-3-2-4-11(10)13/h2-5,9,12,14,18H,6-8,17H2,1H3,(H,19,20)(H,21,22)/t12-,14-,24?/m0/s1. The second-order valence-corrected chi connectivity index (χ2v) is 7.19. The van der Waals surface area contributed by atoms with Crippen LogP contribution in [-0.4, -0.2) is 50.3 Å². The number of hydrogen-bond donors (Lipinski definition) is 4. The van der Waals surface area contributed by atoms with Crippen molar-refractivity contribution >= 4 is 33.6 Å². The number of H-pyrrole nitrogens is 1. The van der Waals surface area contributed by atoms with Crippen LogP contribution in [0.5, 0.6) is 0 Å².